The van der Waals surface area contributed by atoms with Crippen LogP contribution in [0.1, 0.15) is 25.7 Å². The van der Waals surface area contributed by atoms with E-state index in [4.69, 9.17) is 10.5 Å². The van der Waals surface area contributed by atoms with Crippen molar-refractivity contribution in [2.75, 3.05) is 26.8 Å². The second kappa shape index (κ2) is 4.10. The summed E-state index contributed by atoms with van der Waals surface area (Å²) < 4.78 is 4.92. The number of hydrogen-bond donors (Lipinski definition) is 1. The van der Waals surface area contributed by atoms with Crippen molar-refractivity contribution in [3.8, 4) is 0 Å². The summed E-state index contributed by atoms with van der Waals surface area (Å²) in [6, 6.07) is 0. The normalized spacial score (nSPS) is 34.5. The fourth-order valence-corrected chi connectivity index (χ4v) is 3.18. The molecule has 1 heterocycles. The van der Waals surface area contributed by atoms with Crippen LogP contribution < -0.4 is 5.73 Å². The molecular formula is C11H20N2O2. The summed E-state index contributed by atoms with van der Waals surface area (Å²) in [6.07, 6.45) is 4.62. The molecule has 2 aliphatic rings. The van der Waals surface area contributed by atoms with Crippen LogP contribution in [0, 0.1) is 5.92 Å². The van der Waals surface area contributed by atoms with Crippen molar-refractivity contribution in [3.05, 3.63) is 0 Å². The van der Waals surface area contributed by atoms with E-state index < -0.39 is 0 Å². The maximum atomic E-state index is 11.9. The van der Waals surface area contributed by atoms with E-state index in [0.29, 0.717) is 12.5 Å². The molecule has 86 valence electrons. The van der Waals surface area contributed by atoms with Gasteiger partial charge in [-0.25, -0.2) is 0 Å². The van der Waals surface area contributed by atoms with Crippen molar-refractivity contribution in [3.63, 3.8) is 0 Å². The van der Waals surface area contributed by atoms with Gasteiger partial charge in [-0.2, -0.15) is 0 Å². The third kappa shape index (κ3) is 1.76. The summed E-state index contributed by atoms with van der Waals surface area (Å²) in [5, 5.41) is 0. The van der Waals surface area contributed by atoms with E-state index in [9.17, 15) is 4.79 Å². The van der Waals surface area contributed by atoms with Crippen molar-refractivity contribution in [2.24, 2.45) is 11.7 Å². The zero-order chi connectivity index (χ0) is 10.9. The Kier molecular flexibility index (Phi) is 2.98. The lowest BCUT2D eigenvalue weighted by atomic mass is 9.80. The molecule has 2 atom stereocenters. The van der Waals surface area contributed by atoms with Crippen LogP contribution in [-0.4, -0.2) is 43.2 Å². The summed E-state index contributed by atoms with van der Waals surface area (Å²) in [5.41, 5.74) is 5.82. The van der Waals surface area contributed by atoms with Gasteiger partial charge < -0.3 is 15.4 Å². The lowest BCUT2D eigenvalue weighted by molar-refractivity contribution is -0.139. The lowest BCUT2D eigenvalue weighted by Crippen LogP contribution is -2.53. The number of likely N-dealkylation sites (tertiary alicyclic amines) is 1. The molecule has 0 aromatic rings. The standard InChI is InChI=1S/C11H20N2O2/c1-15-7-10(14)13-6-9-3-2-4-11(13,5-9)8-12/h9H,2-8,12H2,1H3. The summed E-state index contributed by atoms with van der Waals surface area (Å²) in [5.74, 6) is 0.774. The minimum absolute atomic E-state index is 0.0431. The van der Waals surface area contributed by atoms with E-state index in [2.05, 4.69) is 0 Å². The number of carbonyl (C=O) groups is 1. The first-order chi connectivity index (χ1) is 7.22. The third-order valence-electron chi connectivity index (χ3n) is 3.89. The summed E-state index contributed by atoms with van der Waals surface area (Å²) in [6.45, 7) is 1.67. The highest BCUT2D eigenvalue weighted by Crippen LogP contribution is 2.43. The molecule has 0 aromatic carbocycles. The number of amides is 1. The molecule has 0 spiro atoms. The number of rotatable bonds is 3. The van der Waals surface area contributed by atoms with Crippen molar-refractivity contribution >= 4 is 5.91 Å². The number of nitrogens with zero attached hydrogens (tertiary/aromatic N) is 1. The molecule has 2 fully saturated rings. The Bertz CT molecular complexity index is 257. The molecule has 2 N–H and O–H groups in total. The molecule has 1 saturated heterocycles. The molecule has 1 saturated carbocycles. The van der Waals surface area contributed by atoms with E-state index in [1.54, 1.807) is 7.11 Å². The van der Waals surface area contributed by atoms with E-state index >= 15 is 0 Å². The fraction of sp³-hybridized carbons (Fsp3) is 0.909. The number of carbonyl (C=O) groups excluding carboxylic acids is 1. The van der Waals surface area contributed by atoms with Gasteiger partial charge in [0.2, 0.25) is 5.91 Å². The Labute approximate surface area is 90.8 Å². The van der Waals surface area contributed by atoms with Gasteiger partial charge in [0.05, 0.1) is 5.54 Å². The summed E-state index contributed by atoms with van der Waals surface area (Å²) in [7, 11) is 1.56. The third-order valence-corrected chi connectivity index (χ3v) is 3.89. The van der Waals surface area contributed by atoms with Gasteiger partial charge >= 0.3 is 0 Å². The van der Waals surface area contributed by atoms with Crippen LogP contribution in [0.5, 0.6) is 0 Å². The molecule has 1 aliphatic carbocycles. The lowest BCUT2D eigenvalue weighted by Gasteiger charge is -2.38. The Morgan fingerprint density at radius 2 is 2.47 bits per heavy atom. The quantitative estimate of drug-likeness (QED) is 0.735. The molecule has 1 amide bonds. The zero-order valence-electron chi connectivity index (χ0n) is 9.37. The number of methoxy groups -OCH3 is 1. The SMILES string of the molecule is COCC(=O)N1CC2CCCC1(CN)C2. The molecule has 0 aromatic heterocycles. The minimum Gasteiger partial charge on any atom is -0.375 e. The maximum Gasteiger partial charge on any atom is 0.249 e. The highest BCUT2D eigenvalue weighted by Gasteiger charge is 2.48. The largest absolute Gasteiger partial charge is 0.375 e. The number of ether oxygens (including phenoxy) is 1. The van der Waals surface area contributed by atoms with Gasteiger partial charge in [-0.3, -0.25) is 4.79 Å². The molecule has 2 rings (SSSR count). The first-order valence-electron chi connectivity index (χ1n) is 5.71. The van der Waals surface area contributed by atoms with Crippen LogP contribution in [0.3, 0.4) is 0 Å². The van der Waals surface area contributed by atoms with Gasteiger partial charge in [0.15, 0.2) is 0 Å². The fourth-order valence-electron chi connectivity index (χ4n) is 3.18. The topological polar surface area (TPSA) is 55.6 Å². The molecule has 4 nitrogen and oxygen atoms in total. The summed E-state index contributed by atoms with van der Waals surface area (Å²) >= 11 is 0. The molecule has 15 heavy (non-hydrogen) atoms. The highest BCUT2D eigenvalue weighted by atomic mass is 16.5. The Morgan fingerprint density at radius 3 is 3.13 bits per heavy atom. The van der Waals surface area contributed by atoms with E-state index in [1.165, 1.54) is 12.8 Å². The molecule has 2 unspecified atom stereocenters. The van der Waals surface area contributed by atoms with Crippen LogP contribution in [-0.2, 0) is 9.53 Å². The van der Waals surface area contributed by atoms with Gasteiger partial charge in [-0.15, -0.1) is 0 Å². The van der Waals surface area contributed by atoms with Crippen molar-refractivity contribution in [2.45, 2.75) is 31.2 Å². The van der Waals surface area contributed by atoms with Gasteiger partial charge in [0.1, 0.15) is 6.61 Å². The highest BCUT2D eigenvalue weighted by molar-refractivity contribution is 5.78. The van der Waals surface area contributed by atoms with Gasteiger partial charge in [0, 0.05) is 20.2 Å². The van der Waals surface area contributed by atoms with Crippen molar-refractivity contribution < 1.29 is 9.53 Å². The van der Waals surface area contributed by atoms with E-state index in [1.807, 2.05) is 4.90 Å². The zero-order valence-corrected chi connectivity index (χ0v) is 9.37. The van der Waals surface area contributed by atoms with Crippen LogP contribution in [0.15, 0.2) is 0 Å². The monoisotopic (exact) mass is 212 g/mol. The van der Waals surface area contributed by atoms with Crippen LogP contribution in [0.25, 0.3) is 0 Å². The molecule has 2 bridgehead atoms. The van der Waals surface area contributed by atoms with Crippen molar-refractivity contribution in [1.29, 1.82) is 0 Å². The first kappa shape index (κ1) is 10.9. The smallest absolute Gasteiger partial charge is 0.249 e. The van der Waals surface area contributed by atoms with E-state index in [-0.39, 0.29) is 18.1 Å². The van der Waals surface area contributed by atoms with Crippen molar-refractivity contribution in [1.82, 2.24) is 4.90 Å². The second-order valence-electron chi connectivity index (χ2n) is 4.83. The van der Waals surface area contributed by atoms with Crippen LogP contribution in [0.2, 0.25) is 0 Å². The summed E-state index contributed by atoms with van der Waals surface area (Å²) in [4.78, 5) is 13.9. The number of hydrogen-bond acceptors (Lipinski definition) is 3. The van der Waals surface area contributed by atoms with Gasteiger partial charge in [0.25, 0.3) is 0 Å². The predicted octanol–water partition coefficient (Wildman–Crippen LogP) is 0.363. The number of nitrogens with two attached hydrogens (primary N) is 1. The molecule has 0 radical (unpaired) electrons. The van der Waals surface area contributed by atoms with Gasteiger partial charge in [-0.05, 0) is 25.2 Å². The minimum atomic E-state index is -0.0431. The molecular weight excluding hydrogens is 192 g/mol. The predicted molar refractivity (Wildman–Crippen MR) is 57.3 cm³/mol. The Morgan fingerprint density at radius 1 is 1.67 bits per heavy atom. The van der Waals surface area contributed by atoms with Gasteiger partial charge in [-0.1, -0.05) is 6.42 Å². The first-order valence-corrected chi connectivity index (χ1v) is 5.71. The second-order valence-corrected chi connectivity index (χ2v) is 4.83. The average Bonchev–Trinajstić information content (AvgIpc) is 2.51. The van der Waals surface area contributed by atoms with E-state index in [0.717, 1.165) is 19.4 Å². The average molecular weight is 212 g/mol. The van der Waals surface area contributed by atoms with Crippen LogP contribution in [0.4, 0.5) is 0 Å². The molecule has 4 heteroatoms. The number of fused-ring (bicyclic) bond motifs is 2. The Hall–Kier alpha value is -0.610. The maximum absolute atomic E-state index is 11.9. The molecule has 1 aliphatic heterocycles. The van der Waals surface area contributed by atoms with Crippen LogP contribution >= 0.6 is 0 Å². The Balaban J connectivity index is 2.13.